The van der Waals surface area contributed by atoms with Crippen molar-refractivity contribution >= 4 is 40.1 Å². The van der Waals surface area contributed by atoms with Crippen LogP contribution in [0.25, 0.3) is 22.3 Å². The zero-order chi connectivity index (χ0) is 25.6. The summed E-state index contributed by atoms with van der Waals surface area (Å²) in [5.41, 5.74) is 3.27. The minimum atomic E-state index is -3.42. The first-order valence-corrected chi connectivity index (χ1v) is 14.9. The molecule has 36 heavy (non-hydrogen) atoms. The molecule has 1 saturated heterocycles. The monoisotopic (exact) mass is 524 g/mol. The van der Waals surface area contributed by atoms with Gasteiger partial charge in [-0.05, 0) is 55.6 Å². The molecular formula is C25H25N4O5PS. The molecule has 4 heterocycles. The van der Waals surface area contributed by atoms with E-state index >= 15 is 0 Å². The number of pyridine rings is 2. The summed E-state index contributed by atoms with van der Waals surface area (Å²) in [5, 5.41) is 1.66. The summed E-state index contributed by atoms with van der Waals surface area (Å²) in [6.07, 6.45) is 5.29. The minimum Gasteiger partial charge on any atom is -0.455 e. The molecule has 1 aliphatic rings. The van der Waals surface area contributed by atoms with Crippen LogP contribution >= 0.6 is 8.15 Å². The molecule has 0 saturated carbocycles. The Morgan fingerprint density at radius 1 is 1.14 bits per heavy atom. The van der Waals surface area contributed by atoms with E-state index in [0.29, 0.717) is 24.3 Å². The molecule has 4 aromatic rings. The fraction of sp³-hybridized carbons (Fsp3) is 0.240. The Hall–Kier alpha value is -3.33. The number of hydrogen-bond acceptors (Lipinski definition) is 7. The van der Waals surface area contributed by atoms with E-state index in [9.17, 15) is 18.1 Å². The maximum absolute atomic E-state index is 12.3. The van der Waals surface area contributed by atoms with Crippen LogP contribution in [-0.4, -0.2) is 59.0 Å². The Morgan fingerprint density at radius 3 is 2.53 bits per heavy atom. The SMILES string of the molecule is CN1C(=O)CCC1c1cc2[nH]c(-c3ccc(P(C)O)cn3)cc2cc1Oc1ccc(S(C)(=O)=O)nc1. The summed E-state index contributed by atoms with van der Waals surface area (Å²) in [4.78, 5) is 35.7. The van der Waals surface area contributed by atoms with Gasteiger partial charge in [0.15, 0.2) is 14.9 Å². The number of amides is 1. The van der Waals surface area contributed by atoms with E-state index in [0.717, 1.165) is 39.4 Å². The van der Waals surface area contributed by atoms with Crippen molar-refractivity contribution in [1.29, 1.82) is 0 Å². The largest absolute Gasteiger partial charge is 0.455 e. The van der Waals surface area contributed by atoms with Crippen molar-refractivity contribution in [3.05, 3.63) is 60.4 Å². The van der Waals surface area contributed by atoms with Crippen LogP contribution in [0.15, 0.2) is 59.9 Å². The predicted octanol–water partition coefficient (Wildman–Crippen LogP) is 3.76. The lowest BCUT2D eigenvalue weighted by Crippen LogP contribution is -2.22. The molecule has 5 rings (SSSR count). The average molecular weight is 525 g/mol. The van der Waals surface area contributed by atoms with Crippen molar-refractivity contribution in [2.75, 3.05) is 20.0 Å². The number of ether oxygens (including phenoxy) is 1. The molecule has 1 amide bonds. The van der Waals surface area contributed by atoms with E-state index in [1.807, 2.05) is 30.3 Å². The van der Waals surface area contributed by atoms with Gasteiger partial charge in [-0.3, -0.25) is 9.78 Å². The van der Waals surface area contributed by atoms with Gasteiger partial charge in [-0.25, -0.2) is 13.4 Å². The van der Waals surface area contributed by atoms with E-state index in [-0.39, 0.29) is 17.0 Å². The number of aromatic amines is 1. The molecule has 0 bridgehead atoms. The highest BCUT2D eigenvalue weighted by Gasteiger charge is 2.31. The zero-order valence-electron chi connectivity index (χ0n) is 20.0. The first-order valence-electron chi connectivity index (χ1n) is 11.3. The van der Waals surface area contributed by atoms with Gasteiger partial charge in [0.1, 0.15) is 11.5 Å². The van der Waals surface area contributed by atoms with Crippen LogP contribution in [0.5, 0.6) is 11.5 Å². The number of likely N-dealkylation sites (tertiary alicyclic amines) is 1. The number of nitrogens with zero attached hydrogens (tertiary/aromatic N) is 3. The number of fused-ring (bicyclic) bond motifs is 1. The second-order valence-corrected chi connectivity index (χ2v) is 12.4. The third-order valence-corrected chi connectivity index (χ3v) is 8.33. The highest BCUT2D eigenvalue weighted by Crippen LogP contribution is 2.41. The second kappa shape index (κ2) is 9.28. The average Bonchev–Trinajstić information content (AvgIpc) is 3.41. The van der Waals surface area contributed by atoms with Crippen molar-refractivity contribution in [3.8, 4) is 22.9 Å². The number of hydrogen-bond donors (Lipinski definition) is 2. The van der Waals surface area contributed by atoms with Crippen molar-refractivity contribution < 1.29 is 22.8 Å². The number of carbonyl (C=O) groups excluding carboxylic acids is 1. The molecule has 0 radical (unpaired) electrons. The fourth-order valence-electron chi connectivity index (χ4n) is 4.34. The van der Waals surface area contributed by atoms with E-state index in [2.05, 4.69) is 15.0 Å². The molecule has 2 N–H and O–H groups in total. The van der Waals surface area contributed by atoms with E-state index in [1.165, 1.54) is 12.3 Å². The molecule has 0 spiro atoms. The smallest absolute Gasteiger partial charge is 0.222 e. The number of sulfone groups is 1. The van der Waals surface area contributed by atoms with Gasteiger partial charge in [-0.2, -0.15) is 0 Å². The van der Waals surface area contributed by atoms with E-state index < -0.39 is 18.0 Å². The molecule has 2 unspecified atom stereocenters. The molecule has 2 atom stereocenters. The highest BCUT2D eigenvalue weighted by molar-refractivity contribution is 7.90. The van der Waals surface area contributed by atoms with Gasteiger partial charge in [-0.15, -0.1) is 0 Å². The lowest BCUT2D eigenvalue weighted by Gasteiger charge is -2.23. The Balaban J connectivity index is 1.56. The quantitative estimate of drug-likeness (QED) is 0.368. The maximum atomic E-state index is 12.3. The molecule has 11 heteroatoms. The highest BCUT2D eigenvalue weighted by atomic mass is 32.2. The standard InChI is InChI=1S/C25H25N4O5PS/c1-29-22(7-9-25(29)30)18-12-20-15(10-21(28-20)19-6-5-17(14-26-19)35(2)31)11-23(18)34-16-4-8-24(27-13-16)36(3,32)33/h4-6,8,10-14,22,28,31H,7,9H2,1-3H3. The summed E-state index contributed by atoms with van der Waals surface area (Å²) in [6.45, 7) is 1.76. The Morgan fingerprint density at radius 2 is 1.94 bits per heavy atom. The minimum absolute atomic E-state index is 0.0303. The van der Waals surface area contributed by atoms with Crippen molar-refractivity contribution in [3.63, 3.8) is 0 Å². The van der Waals surface area contributed by atoms with Gasteiger partial charge in [0.05, 0.1) is 31.8 Å². The number of H-pyrrole nitrogens is 1. The molecule has 1 fully saturated rings. The summed E-state index contributed by atoms with van der Waals surface area (Å²) in [6, 6.07) is 12.4. The number of nitrogens with one attached hydrogen (secondary N) is 1. The van der Waals surface area contributed by atoms with Crippen molar-refractivity contribution in [1.82, 2.24) is 19.9 Å². The predicted molar refractivity (Wildman–Crippen MR) is 138 cm³/mol. The van der Waals surface area contributed by atoms with Crippen LogP contribution in [0, 0.1) is 0 Å². The number of carbonyl (C=O) groups is 1. The maximum Gasteiger partial charge on any atom is 0.222 e. The Kier molecular flexibility index (Phi) is 6.28. The molecule has 186 valence electrons. The fourth-order valence-corrected chi connectivity index (χ4v) is 5.42. The summed E-state index contributed by atoms with van der Waals surface area (Å²) in [7, 11) is -2.85. The lowest BCUT2D eigenvalue weighted by molar-refractivity contribution is -0.127. The molecule has 0 aliphatic carbocycles. The van der Waals surface area contributed by atoms with Gasteiger partial charge < -0.3 is 19.5 Å². The van der Waals surface area contributed by atoms with Crippen LogP contribution in [0.1, 0.15) is 24.4 Å². The van der Waals surface area contributed by atoms with Gasteiger partial charge in [0.2, 0.25) is 5.91 Å². The van der Waals surface area contributed by atoms with Crippen LogP contribution in [-0.2, 0) is 14.6 Å². The topological polar surface area (TPSA) is 125 Å². The normalized spacial score (nSPS) is 17.1. The summed E-state index contributed by atoms with van der Waals surface area (Å²) in [5.74, 6) is 1.03. The van der Waals surface area contributed by atoms with Gasteiger partial charge in [0.25, 0.3) is 0 Å². The zero-order valence-corrected chi connectivity index (χ0v) is 21.7. The third kappa shape index (κ3) is 4.72. The Labute approximate surface area is 209 Å². The van der Waals surface area contributed by atoms with Crippen molar-refractivity contribution in [2.24, 2.45) is 0 Å². The van der Waals surface area contributed by atoms with Gasteiger partial charge in [-0.1, -0.05) is 0 Å². The number of rotatable bonds is 6. The first-order chi connectivity index (χ1) is 17.1. The summed E-state index contributed by atoms with van der Waals surface area (Å²) >= 11 is 0. The van der Waals surface area contributed by atoms with E-state index in [4.69, 9.17) is 4.74 Å². The van der Waals surface area contributed by atoms with Crippen LogP contribution in [0.2, 0.25) is 0 Å². The first kappa shape index (κ1) is 24.4. The Bertz CT molecular complexity index is 1550. The van der Waals surface area contributed by atoms with Crippen LogP contribution in [0.4, 0.5) is 0 Å². The second-order valence-electron chi connectivity index (χ2n) is 8.85. The molecule has 3 aromatic heterocycles. The lowest BCUT2D eigenvalue weighted by atomic mass is 10.0. The van der Waals surface area contributed by atoms with E-state index in [1.54, 1.807) is 30.9 Å². The van der Waals surface area contributed by atoms with Gasteiger partial charge in [0, 0.05) is 47.7 Å². The van der Waals surface area contributed by atoms with Crippen LogP contribution in [0.3, 0.4) is 0 Å². The molecule has 9 nitrogen and oxygen atoms in total. The third-order valence-electron chi connectivity index (χ3n) is 6.32. The van der Waals surface area contributed by atoms with Crippen LogP contribution < -0.4 is 10.0 Å². The molecule has 1 aromatic carbocycles. The van der Waals surface area contributed by atoms with Gasteiger partial charge >= 0.3 is 0 Å². The number of aromatic nitrogens is 3. The van der Waals surface area contributed by atoms with Crippen molar-refractivity contribution in [2.45, 2.75) is 23.9 Å². The molecular weight excluding hydrogens is 499 g/mol. The number of benzene rings is 1. The summed E-state index contributed by atoms with van der Waals surface area (Å²) < 4.78 is 29.7. The molecule has 1 aliphatic heterocycles.